The quantitative estimate of drug-likeness (QED) is 0.532. The predicted molar refractivity (Wildman–Crippen MR) is 85.9 cm³/mol. The second-order valence-corrected chi connectivity index (χ2v) is 5.75. The third-order valence-corrected chi connectivity index (χ3v) is 3.48. The molecule has 19 heavy (non-hydrogen) atoms. The Labute approximate surface area is 128 Å². The summed E-state index contributed by atoms with van der Waals surface area (Å²) in [5.74, 6) is 0.933. The Bertz CT molecular complexity index is 493. The van der Waals surface area contributed by atoms with Crippen molar-refractivity contribution >= 4 is 22.6 Å². The number of ether oxygens (including phenoxy) is 1. The van der Waals surface area contributed by atoms with Gasteiger partial charge in [-0.15, -0.1) is 0 Å². The first kappa shape index (κ1) is 14.4. The fraction of sp³-hybridized carbons (Fsp3) is 0.400. The Morgan fingerprint density at radius 2 is 1.95 bits per heavy atom. The van der Waals surface area contributed by atoms with E-state index in [1.165, 1.54) is 19.3 Å². The highest BCUT2D eigenvalue weighted by Crippen LogP contribution is 2.16. The molecule has 0 aliphatic heterocycles. The van der Waals surface area contributed by atoms with Gasteiger partial charge in [0, 0.05) is 6.20 Å². The van der Waals surface area contributed by atoms with Crippen molar-refractivity contribution < 1.29 is 4.74 Å². The maximum atomic E-state index is 5.72. The van der Waals surface area contributed by atoms with Gasteiger partial charge in [0.2, 0.25) is 0 Å². The van der Waals surface area contributed by atoms with E-state index in [-0.39, 0.29) is 0 Å². The maximum Gasteiger partial charge on any atom is 0.119 e. The topological polar surface area (TPSA) is 27.1 Å². The van der Waals surface area contributed by atoms with E-state index in [2.05, 4.69) is 34.6 Å². The number of halogens is 1. The molecule has 2 aromatic rings. The van der Waals surface area contributed by atoms with Gasteiger partial charge in [0.05, 0.1) is 22.1 Å². The van der Waals surface area contributed by atoms with E-state index in [4.69, 9.17) is 4.74 Å². The molecule has 0 atom stereocenters. The van der Waals surface area contributed by atoms with Crippen molar-refractivity contribution in [1.82, 2.24) is 9.78 Å². The van der Waals surface area contributed by atoms with Gasteiger partial charge in [-0.05, 0) is 53.3 Å². The third kappa shape index (κ3) is 4.53. The third-order valence-electron chi connectivity index (χ3n) is 2.92. The summed E-state index contributed by atoms with van der Waals surface area (Å²) < 4.78 is 8.72. The molecule has 1 aromatic heterocycles. The number of nitrogens with zero attached hydrogens (tertiary/aromatic N) is 2. The molecular weight excluding hydrogens is 351 g/mol. The van der Waals surface area contributed by atoms with E-state index in [0.717, 1.165) is 28.0 Å². The van der Waals surface area contributed by atoms with E-state index in [9.17, 15) is 0 Å². The van der Waals surface area contributed by atoms with Crippen LogP contribution in [-0.4, -0.2) is 16.4 Å². The predicted octanol–water partition coefficient (Wildman–Crippen LogP) is 4.44. The number of hydrogen-bond acceptors (Lipinski definition) is 2. The molecule has 0 unspecified atom stereocenters. The number of benzene rings is 1. The van der Waals surface area contributed by atoms with Crippen molar-refractivity contribution in [2.45, 2.75) is 32.6 Å². The summed E-state index contributed by atoms with van der Waals surface area (Å²) in [7, 11) is 0. The first-order valence-corrected chi connectivity index (χ1v) is 7.81. The highest BCUT2D eigenvalue weighted by atomic mass is 127. The molecule has 0 aliphatic carbocycles. The van der Waals surface area contributed by atoms with Gasteiger partial charge in [0.1, 0.15) is 5.75 Å². The van der Waals surface area contributed by atoms with E-state index >= 15 is 0 Å². The summed E-state index contributed by atoms with van der Waals surface area (Å²) in [6, 6.07) is 8.07. The Morgan fingerprint density at radius 1 is 1.16 bits per heavy atom. The van der Waals surface area contributed by atoms with E-state index < -0.39 is 0 Å². The molecule has 2 rings (SSSR count). The molecule has 1 aromatic carbocycles. The molecule has 0 fully saturated rings. The fourth-order valence-corrected chi connectivity index (χ4v) is 2.24. The molecule has 4 heteroatoms. The van der Waals surface area contributed by atoms with Crippen LogP contribution in [0.15, 0.2) is 36.7 Å². The summed E-state index contributed by atoms with van der Waals surface area (Å²) in [4.78, 5) is 0. The van der Waals surface area contributed by atoms with E-state index in [1.54, 1.807) is 0 Å². The maximum absolute atomic E-state index is 5.72. The Balaban J connectivity index is 1.85. The summed E-state index contributed by atoms with van der Waals surface area (Å²) in [6.07, 6.45) is 8.78. The molecule has 0 spiro atoms. The number of aromatic nitrogens is 2. The van der Waals surface area contributed by atoms with Crippen LogP contribution in [0.4, 0.5) is 0 Å². The molecule has 0 amide bonds. The zero-order chi connectivity index (χ0) is 13.5. The van der Waals surface area contributed by atoms with Crippen LogP contribution >= 0.6 is 22.6 Å². The van der Waals surface area contributed by atoms with Crippen molar-refractivity contribution in [2.24, 2.45) is 0 Å². The van der Waals surface area contributed by atoms with Gasteiger partial charge in [-0.25, -0.2) is 4.68 Å². The molecule has 0 radical (unpaired) electrons. The number of rotatable bonds is 7. The molecule has 1 heterocycles. The van der Waals surface area contributed by atoms with Crippen LogP contribution in [0.3, 0.4) is 0 Å². The summed E-state index contributed by atoms with van der Waals surface area (Å²) >= 11 is 2.26. The van der Waals surface area contributed by atoms with Crippen LogP contribution in [0, 0.1) is 3.57 Å². The first-order valence-electron chi connectivity index (χ1n) is 6.73. The van der Waals surface area contributed by atoms with Gasteiger partial charge in [-0.2, -0.15) is 5.10 Å². The number of unbranched alkanes of at least 4 members (excludes halogenated alkanes) is 3. The minimum Gasteiger partial charge on any atom is -0.494 e. The van der Waals surface area contributed by atoms with Crippen molar-refractivity contribution in [3.63, 3.8) is 0 Å². The summed E-state index contributed by atoms with van der Waals surface area (Å²) in [6.45, 7) is 3.02. The Hall–Kier alpha value is -1.04. The van der Waals surface area contributed by atoms with Crippen molar-refractivity contribution in [1.29, 1.82) is 0 Å². The zero-order valence-electron chi connectivity index (χ0n) is 11.2. The highest BCUT2D eigenvalue weighted by Gasteiger charge is 1.99. The molecule has 102 valence electrons. The van der Waals surface area contributed by atoms with Crippen LogP contribution in [0.1, 0.15) is 32.6 Å². The highest BCUT2D eigenvalue weighted by molar-refractivity contribution is 14.1. The summed E-state index contributed by atoms with van der Waals surface area (Å²) in [5, 5.41) is 4.28. The zero-order valence-corrected chi connectivity index (χ0v) is 13.3. The minimum absolute atomic E-state index is 0.805. The molecule has 0 bridgehead atoms. The summed E-state index contributed by atoms with van der Waals surface area (Å²) in [5.41, 5.74) is 1.06. The van der Waals surface area contributed by atoms with Crippen LogP contribution < -0.4 is 4.74 Å². The SMILES string of the molecule is CCCCCCOc1ccc(-n2cc(I)cn2)cc1. The lowest BCUT2D eigenvalue weighted by Crippen LogP contribution is -1.98. The number of hydrogen-bond donors (Lipinski definition) is 0. The van der Waals surface area contributed by atoms with Crippen molar-refractivity contribution in [3.05, 3.63) is 40.2 Å². The van der Waals surface area contributed by atoms with Crippen LogP contribution in [-0.2, 0) is 0 Å². The van der Waals surface area contributed by atoms with E-state index in [1.807, 2.05) is 41.3 Å². The average Bonchev–Trinajstić information content (AvgIpc) is 2.86. The van der Waals surface area contributed by atoms with Gasteiger partial charge < -0.3 is 4.74 Å². The van der Waals surface area contributed by atoms with Crippen LogP contribution in [0.25, 0.3) is 5.69 Å². The molecule has 0 aliphatic rings. The lowest BCUT2D eigenvalue weighted by Gasteiger charge is -2.07. The molecule has 0 saturated heterocycles. The minimum atomic E-state index is 0.805. The van der Waals surface area contributed by atoms with Gasteiger partial charge >= 0.3 is 0 Å². The van der Waals surface area contributed by atoms with Gasteiger partial charge in [0.15, 0.2) is 0 Å². The normalized spacial score (nSPS) is 10.6. The van der Waals surface area contributed by atoms with Gasteiger partial charge in [0.25, 0.3) is 0 Å². The smallest absolute Gasteiger partial charge is 0.119 e. The van der Waals surface area contributed by atoms with Gasteiger partial charge in [-0.3, -0.25) is 0 Å². The standard InChI is InChI=1S/C15H19IN2O/c1-2-3-4-5-10-19-15-8-6-14(7-9-15)18-12-13(16)11-17-18/h6-9,11-12H,2-5,10H2,1H3. The second-order valence-electron chi connectivity index (χ2n) is 4.51. The lowest BCUT2D eigenvalue weighted by molar-refractivity contribution is 0.305. The molecule has 3 nitrogen and oxygen atoms in total. The van der Waals surface area contributed by atoms with Gasteiger partial charge in [-0.1, -0.05) is 26.2 Å². The largest absolute Gasteiger partial charge is 0.494 e. The average molecular weight is 370 g/mol. The molecule has 0 saturated carbocycles. The molecule has 0 N–H and O–H groups in total. The lowest BCUT2D eigenvalue weighted by atomic mass is 10.2. The Kier molecular flexibility index (Phi) is 5.69. The Morgan fingerprint density at radius 3 is 2.58 bits per heavy atom. The second kappa shape index (κ2) is 7.53. The molecular formula is C15H19IN2O. The van der Waals surface area contributed by atoms with Crippen LogP contribution in [0.5, 0.6) is 5.75 Å². The van der Waals surface area contributed by atoms with E-state index in [0.29, 0.717) is 0 Å². The van der Waals surface area contributed by atoms with Crippen molar-refractivity contribution in [3.8, 4) is 11.4 Å². The van der Waals surface area contributed by atoms with Crippen molar-refractivity contribution in [2.75, 3.05) is 6.61 Å². The van der Waals surface area contributed by atoms with Crippen LogP contribution in [0.2, 0.25) is 0 Å². The first-order chi connectivity index (χ1) is 9.29. The monoisotopic (exact) mass is 370 g/mol. The fourth-order valence-electron chi connectivity index (χ4n) is 1.86.